The highest BCUT2D eigenvalue weighted by molar-refractivity contribution is 5.93. The summed E-state index contributed by atoms with van der Waals surface area (Å²) >= 11 is 0. The van der Waals surface area contributed by atoms with Gasteiger partial charge in [0.1, 0.15) is 5.82 Å². The van der Waals surface area contributed by atoms with E-state index in [0.29, 0.717) is 11.4 Å². The maximum absolute atomic E-state index is 14.8. The number of aryl methyl sites for hydroxylation is 1. The first-order valence-corrected chi connectivity index (χ1v) is 7.52. The number of anilines is 1. The van der Waals surface area contributed by atoms with Gasteiger partial charge in [-0.15, -0.1) is 5.10 Å². The molecule has 118 valence electrons. The highest BCUT2D eigenvalue weighted by Crippen LogP contribution is 2.38. The SMILES string of the molecule is CNc1nnc(C)c2cc(F)c(C3(OC)CCNCC3)cc12. The fourth-order valence-electron chi connectivity index (χ4n) is 3.25. The number of aromatic nitrogens is 2. The van der Waals surface area contributed by atoms with Crippen LogP contribution in [0.15, 0.2) is 12.1 Å². The van der Waals surface area contributed by atoms with Crippen LogP contribution < -0.4 is 10.6 Å². The van der Waals surface area contributed by atoms with Gasteiger partial charge in [0.05, 0.1) is 11.3 Å². The second-order valence-corrected chi connectivity index (χ2v) is 5.71. The van der Waals surface area contributed by atoms with E-state index >= 15 is 0 Å². The van der Waals surface area contributed by atoms with Crippen molar-refractivity contribution < 1.29 is 9.13 Å². The minimum absolute atomic E-state index is 0.241. The summed E-state index contributed by atoms with van der Waals surface area (Å²) in [6, 6.07) is 3.42. The molecular formula is C16H21FN4O. The second kappa shape index (κ2) is 5.78. The summed E-state index contributed by atoms with van der Waals surface area (Å²) in [7, 11) is 3.45. The highest BCUT2D eigenvalue weighted by atomic mass is 19.1. The molecule has 0 saturated carbocycles. The molecular weight excluding hydrogens is 283 g/mol. The van der Waals surface area contributed by atoms with Crippen molar-refractivity contribution in [3.8, 4) is 0 Å². The Labute approximate surface area is 129 Å². The Morgan fingerprint density at radius 1 is 1.23 bits per heavy atom. The number of halogens is 1. The molecule has 1 aromatic carbocycles. The van der Waals surface area contributed by atoms with Crippen LogP contribution >= 0.6 is 0 Å². The lowest BCUT2D eigenvalue weighted by atomic mass is 9.83. The summed E-state index contributed by atoms with van der Waals surface area (Å²) in [4.78, 5) is 0. The van der Waals surface area contributed by atoms with Crippen LogP contribution in [0.25, 0.3) is 10.8 Å². The van der Waals surface area contributed by atoms with Crippen molar-refractivity contribution in [2.24, 2.45) is 0 Å². The monoisotopic (exact) mass is 304 g/mol. The first kappa shape index (κ1) is 15.1. The summed E-state index contributed by atoms with van der Waals surface area (Å²) in [5, 5.41) is 16.2. The molecule has 0 aliphatic carbocycles. The van der Waals surface area contributed by atoms with E-state index in [9.17, 15) is 4.39 Å². The van der Waals surface area contributed by atoms with Crippen molar-refractivity contribution in [1.82, 2.24) is 15.5 Å². The van der Waals surface area contributed by atoms with Crippen LogP contribution in [0.1, 0.15) is 24.1 Å². The zero-order valence-electron chi connectivity index (χ0n) is 13.2. The Morgan fingerprint density at radius 3 is 2.59 bits per heavy atom. The van der Waals surface area contributed by atoms with E-state index < -0.39 is 5.60 Å². The molecule has 6 heteroatoms. The predicted octanol–water partition coefficient (Wildman–Crippen LogP) is 2.34. The van der Waals surface area contributed by atoms with Gasteiger partial charge in [-0.2, -0.15) is 5.10 Å². The number of rotatable bonds is 3. The van der Waals surface area contributed by atoms with Gasteiger partial charge >= 0.3 is 0 Å². The minimum Gasteiger partial charge on any atom is -0.373 e. The number of ether oxygens (including phenoxy) is 1. The van der Waals surface area contributed by atoms with Gasteiger partial charge in [-0.1, -0.05) is 0 Å². The molecule has 2 heterocycles. The van der Waals surface area contributed by atoms with Crippen LogP contribution in [0.4, 0.5) is 10.2 Å². The second-order valence-electron chi connectivity index (χ2n) is 5.71. The van der Waals surface area contributed by atoms with Crippen molar-refractivity contribution in [1.29, 1.82) is 0 Å². The van der Waals surface area contributed by atoms with Gasteiger partial charge in [-0.25, -0.2) is 4.39 Å². The van der Waals surface area contributed by atoms with Gasteiger partial charge in [0, 0.05) is 30.5 Å². The number of nitrogens with zero attached hydrogens (tertiary/aromatic N) is 2. The molecule has 3 rings (SSSR count). The Morgan fingerprint density at radius 2 is 1.95 bits per heavy atom. The normalized spacial score (nSPS) is 17.6. The summed E-state index contributed by atoms with van der Waals surface area (Å²) < 4.78 is 20.5. The Kier molecular flexibility index (Phi) is 3.97. The van der Waals surface area contributed by atoms with Gasteiger partial charge in [-0.05, 0) is 45.0 Å². The maximum Gasteiger partial charge on any atom is 0.156 e. The van der Waals surface area contributed by atoms with Gasteiger partial charge in [0.25, 0.3) is 0 Å². The van der Waals surface area contributed by atoms with Crippen LogP contribution in [0.2, 0.25) is 0 Å². The number of piperidine rings is 1. The van der Waals surface area contributed by atoms with Gasteiger partial charge in [0.2, 0.25) is 0 Å². The standard InChI is InChI=1S/C16H21FN4O/c1-10-11-9-14(17)13(8-12(11)15(18-2)21-20-10)16(22-3)4-6-19-7-5-16/h8-9,19H,4-7H2,1-3H3,(H,18,21). The lowest BCUT2D eigenvalue weighted by Crippen LogP contribution is -2.41. The number of hydrogen-bond donors (Lipinski definition) is 2. The summed E-state index contributed by atoms with van der Waals surface area (Å²) in [6.07, 6.45) is 1.50. The molecule has 1 fully saturated rings. The van der Waals surface area contributed by atoms with Gasteiger partial charge in [0.15, 0.2) is 5.82 Å². The Hall–Kier alpha value is -1.79. The van der Waals surface area contributed by atoms with Crippen molar-refractivity contribution in [3.63, 3.8) is 0 Å². The third kappa shape index (κ3) is 2.32. The molecule has 1 aromatic heterocycles. The number of methoxy groups -OCH3 is 1. The maximum atomic E-state index is 14.8. The average molecular weight is 304 g/mol. The fourth-order valence-corrected chi connectivity index (χ4v) is 3.25. The smallest absolute Gasteiger partial charge is 0.156 e. The highest BCUT2D eigenvalue weighted by Gasteiger charge is 2.36. The third-order valence-electron chi connectivity index (χ3n) is 4.58. The number of fused-ring (bicyclic) bond motifs is 1. The minimum atomic E-state index is -0.578. The van der Waals surface area contributed by atoms with E-state index in [4.69, 9.17) is 4.74 Å². The largest absolute Gasteiger partial charge is 0.373 e. The predicted molar refractivity (Wildman–Crippen MR) is 84.6 cm³/mol. The van der Waals surface area contributed by atoms with Crippen molar-refractivity contribution in [2.45, 2.75) is 25.4 Å². The molecule has 1 saturated heterocycles. The van der Waals surface area contributed by atoms with Crippen molar-refractivity contribution in [2.75, 3.05) is 32.6 Å². The zero-order valence-corrected chi connectivity index (χ0v) is 13.2. The van der Waals surface area contributed by atoms with Crippen LogP contribution in [-0.2, 0) is 10.3 Å². The molecule has 0 amide bonds. The lowest BCUT2D eigenvalue weighted by molar-refractivity contribution is -0.0415. The van der Waals surface area contributed by atoms with Crippen LogP contribution in [0.5, 0.6) is 0 Å². The number of benzene rings is 1. The van der Waals surface area contributed by atoms with E-state index in [1.54, 1.807) is 20.2 Å². The molecule has 2 aromatic rings. The van der Waals surface area contributed by atoms with Gasteiger partial charge < -0.3 is 15.4 Å². The van der Waals surface area contributed by atoms with E-state index in [0.717, 1.165) is 42.4 Å². The summed E-state index contributed by atoms with van der Waals surface area (Å²) in [6.45, 7) is 3.47. The Bertz CT molecular complexity index is 698. The lowest BCUT2D eigenvalue weighted by Gasteiger charge is -2.37. The molecule has 0 atom stereocenters. The van der Waals surface area contributed by atoms with Gasteiger partial charge in [-0.3, -0.25) is 0 Å². The number of nitrogens with one attached hydrogen (secondary N) is 2. The summed E-state index contributed by atoms with van der Waals surface area (Å²) in [5.41, 5.74) is 0.746. The van der Waals surface area contributed by atoms with E-state index in [2.05, 4.69) is 20.8 Å². The average Bonchev–Trinajstić information content (AvgIpc) is 2.56. The first-order valence-electron chi connectivity index (χ1n) is 7.52. The third-order valence-corrected chi connectivity index (χ3v) is 4.58. The zero-order chi connectivity index (χ0) is 15.7. The molecule has 0 spiro atoms. The molecule has 0 unspecified atom stereocenters. The van der Waals surface area contributed by atoms with E-state index in [1.807, 2.05) is 13.0 Å². The molecule has 22 heavy (non-hydrogen) atoms. The fraction of sp³-hybridized carbons (Fsp3) is 0.500. The topological polar surface area (TPSA) is 59.1 Å². The van der Waals surface area contributed by atoms with E-state index in [1.165, 1.54) is 0 Å². The first-order chi connectivity index (χ1) is 10.6. The van der Waals surface area contributed by atoms with Crippen molar-refractivity contribution >= 4 is 16.6 Å². The van der Waals surface area contributed by atoms with Crippen LogP contribution in [0, 0.1) is 12.7 Å². The van der Waals surface area contributed by atoms with Crippen LogP contribution in [-0.4, -0.2) is 37.4 Å². The molecule has 5 nitrogen and oxygen atoms in total. The molecule has 1 aliphatic heterocycles. The number of hydrogen-bond acceptors (Lipinski definition) is 5. The van der Waals surface area contributed by atoms with Crippen molar-refractivity contribution in [3.05, 3.63) is 29.2 Å². The molecule has 1 aliphatic rings. The quantitative estimate of drug-likeness (QED) is 0.911. The molecule has 0 bridgehead atoms. The molecule has 0 radical (unpaired) electrons. The Balaban J connectivity index is 2.23. The van der Waals surface area contributed by atoms with E-state index in [-0.39, 0.29) is 5.82 Å². The summed E-state index contributed by atoms with van der Waals surface area (Å²) in [5.74, 6) is 0.413. The molecule has 2 N–H and O–H groups in total. The van der Waals surface area contributed by atoms with Crippen LogP contribution in [0.3, 0.4) is 0 Å².